The molecule has 0 heterocycles. The number of rotatable bonds is 11. The van der Waals surface area contributed by atoms with Crippen LogP contribution < -0.4 is 5.32 Å². The van der Waals surface area contributed by atoms with Gasteiger partial charge in [0.05, 0.1) is 13.7 Å². The minimum absolute atomic E-state index is 0.165. The summed E-state index contributed by atoms with van der Waals surface area (Å²) in [6, 6.07) is 0. The van der Waals surface area contributed by atoms with Crippen LogP contribution in [0.5, 0.6) is 0 Å². The van der Waals surface area contributed by atoms with E-state index in [1.165, 1.54) is 25.7 Å². The molecule has 0 spiro atoms. The van der Waals surface area contributed by atoms with Crippen molar-refractivity contribution in [1.82, 2.24) is 5.32 Å². The molecular formula is C10H23NO4S. The van der Waals surface area contributed by atoms with E-state index in [0.29, 0.717) is 6.42 Å². The van der Waals surface area contributed by atoms with Crippen molar-refractivity contribution in [3.63, 3.8) is 0 Å². The van der Waals surface area contributed by atoms with Crippen molar-refractivity contribution < 1.29 is 16.8 Å². The lowest BCUT2D eigenvalue weighted by atomic mass is 10.2. The van der Waals surface area contributed by atoms with Gasteiger partial charge in [0.1, 0.15) is 0 Å². The molecule has 0 rings (SSSR count). The number of unbranched alkanes of at least 4 members (excludes halogenated alkanes) is 3. The minimum atomic E-state index is -3.75. The van der Waals surface area contributed by atoms with Crippen molar-refractivity contribution in [2.45, 2.75) is 39.0 Å². The lowest BCUT2D eigenvalue weighted by Gasteiger charge is -2.05. The predicted octanol–water partition coefficient (Wildman–Crippen LogP) is 1.45. The summed E-state index contributed by atoms with van der Waals surface area (Å²) >= 11 is 0. The van der Waals surface area contributed by atoms with Crippen molar-refractivity contribution >= 4 is 10.4 Å². The average Bonchev–Trinajstić information content (AvgIpc) is 2.27. The summed E-state index contributed by atoms with van der Waals surface area (Å²) in [5.74, 6) is 0. The lowest BCUT2D eigenvalue weighted by Crippen LogP contribution is -2.19. The second-order valence-corrected chi connectivity index (χ2v) is 4.95. The van der Waals surface area contributed by atoms with Gasteiger partial charge < -0.3 is 5.32 Å². The number of hydrogen-bond acceptors (Lipinski definition) is 5. The zero-order valence-corrected chi connectivity index (χ0v) is 11.0. The molecule has 0 aliphatic heterocycles. The van der Waals surface area contributed by atoms with E-state index in [0.717, 1.165) is 20.2 Å². The summed E-state index contributed by atoms with van der Waals surface area (Å²) < 4.78 is 30.2. The first-order valence-corrected chi connectivity index (χ1v) is 7.11. The first-order chi connectivity index (χ1) is 7.62. The van der Waals surface area contributed by atoms with Crippen LogP contribution in [0.4, 0.5) is 0 Å². The van der Waals surface area contributed by atoms with Crippen LogP contribution >= 0.6 is 0 Å². The number of nitrogens with one attached hydrogen (secondary N) is 1. The van der Waals surface area contributed by atoms with E-state index in [2.05, 4.69) is 20.6 Å². The van der Waals surface area contributed by atoms with Crippen LogP contribution in [0.2, 0.25) is 0 Å². The average molecular weight is 253 g/mol. The normalized spacial score (nSPS) is 11.9. The highest BCUT2D eigenvalue weighted by molar-refractivity contribution is 7.81. The smallest absolute Gasteiger partial charge is 0.317 e. The van der Waals surface area contributed by atoms with Crippen LogP contribution in [-0.2, 0) is 18.8 Å². The van der Waals surface area contributed by atoms with Gasteiger partial charge in [-0.2, -0.15) is 8.42 Å². The van der Waals surface area contributed by atoms with Crippen LogP contribution in [0, 0.1) is 0 Å². The van der Waals surface area contributed by atoms with Crippen LogP contribution in [0.1, 0.15) is 39.0 Å². The van der Waals surface area contributed by atoms with Crippen molar-refractivity contribution in [3.05, 3.63) is 0 Å². The highest BCUT2D eigenvalue weighted by atomic mass is 32.3. The fraction of sp³-hybridized carbons (Fsp3) is 1.00. The van der Waals surface area contributed by atoms with Gasteiger partial charge in [-0.15, -0.1) is 0 Å². The first-order valence-electron chi connectivity index (χ1n) is 5.78. The second kappa shape index (κ2) is 10.0. The molecule has 0 aromatic heterocycles. The van der Waals surface area contributed by atoms with Crippen molar-refractivity contribution in [2.75, 3.05) is 26.8 Å². The maximum Gasteiger partial charge on any atom is 0.399 e. The Hall–Kier alpha value is -0.170. The van der Waals surface area contributed by atoms with Gasteiger partial charge in [-0.05, 0) is 25.9 Å². The Morgan fingerprint density at radius 2 is 1.75 bits per heavy atom. The quantitative estimate of drug-likeness (QED) is 0.565. The van der Waals surface area contributed by atoms with Gasteiger partial charge in [-0.25, -0.2) is 4.18 Å². The molecule has 98 valence electrons. The molecule has 0 aliphatic carbocycles. The summed E-state index contributed by atoms with van der Waals surface area (Å²) in [6.45, 7) is 4.10. The maximum atomic E-state index is 10.7. The van der Waals surface area contributed by atoms with Crippen molar-refractivity contribution in [1.29, 1.82) is 0 Å². The zero-order valence-electron chi connectivity index (χ0n) is 10.2. The summed E-state index contributed by atoms with van der Waals surface area (Å²) in [6.07, 6.45) is 5.60. The molecule has 0 amide bonds. The molecule has 0 fully saturated rings. The first kappa shape index (κ1) is 15.8. The fourth-order valence-electron chi connectivity index (χ4n) is 1.21. The largest absolute Gasteiger partial charge is 0.399 e. The minimum Gasteiger partial charge on any atom is -0.317 e. The summed E-state index contributed by atoms with van der Waals surface area (Å²) in [5.41, 5.74) is 0. The van der Waals surface area contributed by atoms with Gasteiger partial charge in [0.15, 0.2) is 0 Å². The summed E-state index contributed by atoms with van der Waals surface area (Å²) in [5, 5.41) is 3.23. The van der Waals surface area contributed by atoms with Crippen LogP contribution in [0.15, 0.2) is 0 Å². The molecule has 0 atom stereocenters. The molecular weight excluding hydrogens is 230 g/mol. The lowest BCUT2D eigenvalue weighted by molar-refractivity contribution is 0.240. The van der Waals surface area contributed by atoms with Crippen LogP contribution in [0.3, 0.4) is 0 Å². The highest BCUT2D eigenvalue weighted by Gasteiger charge is 2.06. The summed E-state index contributed by atoms with van der Waals surface area (Å²) in [7, 11) is -2.67. The Morgan fingerprint density at radius 3 is 2.38 bits per heavy atom. The van der Waals surface area contributed by atoms with Gasteiger partial charge in [-0.3, -0.25) is 4.18 Å². The molecule has 0 saturated heterocycles. The Morgan fingerprint density at radius 1 is 1.06 bits per heavy atom. The monoisotopic (exact) mass is 253 g/mol. The maximum absolute atomic E-state index is 10.7. The third kappa shape index (κ3) is 10.4. The molecule has 16 heavy (non-hydrogen) atoms. The standard InChI is InChI=1S/C10H23NO4S/c1-3-4-5-6-8-11-9-7-10-15-16(12,13)14-2/h11H,3-10H2,1-2H3. The molecule has 0 aromatic carbocycles. The molecule has 5 nitrogen and oxygen atoms in total. The Balaban J connectivity index is 3.16. The molecule has 1 N–H and O–H groups in total. The Labute approximate surface area is 98.8 Å². The molecule has 0 bridgehead atoms. The van der Waals surface area contributed by atoms with Crippen LogP contribution in [0.25, 0.3) is 0 Å². The van der Waals surface area contributed by atoms with Crippen LogP contribution in [-0.4, -0.2) is 35.2 Å². The van der Waals surface area contributed by atoms with E-state index in [-0.39, 0.29) is 6.61 Å². The van der Waals surface area contributed by atoms with E-state index >= 15 is 0 Å². The highest BCUT2D eigenvalue weighted by Crippen LogP contribution is 1.97. The number of hydrogen-bond donors (Lipinski definition) is 1. The molecule has 0 radical (unpaired) electrons. The van der Waals surface area contributed by atoms with Gasteiger partial charge >= 0.3 is 10.4 Å². The van der Waals surface area contributed by atoms with Crippen molar-refractivity contribution in [2.24, 2.45) is 0 Å². The topological polar surface area (TPSA) is 64.6 Å². The third-order valence-electron chi connectivity index (χ3n) is 2.14. The van der Waals surface area contributed by atoms with E-state index < -0.39 is 10.4 Å². The molecule has 0 aromatic rings. The Bertz CT molecular complexity index is 241. The summed E-state index contributed by atoms with van der Waals surface area (Å²) in [4.78, 5) is 0. The Kier molecular flexibility index (Phi) is 9.91. The second-order valence-electron chi connectivity index (χ2n) is 3.56. The SMILES string of the molecule is CCCCCCNCCCOS(=O)(=O)OC. The molecule has 0 unspecified atom stereocenters. The fourth-order valence-corrected chi connectivity index (χ4v) is 1.63. The van der Waals surface area contributed by atoms with E-state index in [1.54, 1.807) is 0 Å². The third-order valence-corrected chi connectivity index (χ3v) is 3.00. The predicted molar refractivity (Wildman–Crippen MR) is 63.5 cm³/mol. The van der Waals surface area contributed by atoms with E-state index in [1.807, 2.05) is 0 Å². The van der Waals surface area contributed by atoms with Gasteiger partial charge in [0.25, 0.3) is 0 Å². The van der Waals surface area contributed by atoms with Gasteiger partial charge in [-0.1, -0.05) is 26.2 Å². The molecule has 6 heteroatoms. The molecule has 0 aliphatic rings. The zero-order chi connectivity index (χ0) is 12.3. The van der Waals surface area contributed by atoms with Crippen molar-refractivity contribution in [3.8, 4) is 0 Å². The van der Waals surface area contributed by atoms with Gasteiger partial charge in [0, 0.05) is 0 Å². The molecule has 0 saturated carbocycles. The van der Waals surface area contributed by atoms with E-state index in [9.17, 15) is 8.42 Å². The van der Waals surface area contributed by atoms with Gasteiger partial charge in [0.2, 0.25) is 0 Å². The van der Waals surface area contributed by atoms with E-state index in [4.69, 9.17) is 0 Å².